The number of hydrogen-bond acceptors (Lipinski definition) is 4. The van der Waals surface area contributed by atoms with Crippen LogP contribution in [0.5, 0.6) is 0 Å². The number of piperazine rings is 1. The highest BCUT2D eigenvalue weighted by atomic mass is 79.9. The third kappa shape index (κ3) is 6.17. The second kappa shape index (κ2) is 12.1. The first-order valence-electron chi connectivity index (χ1n) is 9.67. The molecule has 2 heterocycles. The van der Waals surface area contributed by atoms with Crippen LogP contribution in [0.3, 0.4) is 0 Å². The van der Waals surface area contributed by atoms with Gasteiger partial charge in [-0.25, -0.2) is 0 Å². The summed E-state index contributed by atoms with van der Waals surface area (Å²) in [4.78, 5) is 7.41. The number of halogens is 4. The molecule has 0 spiro atoms. The normalized spacial score (nSPS) is 17.6. The van der Waals surface area contributed by atoms with Crippen molar-refractivity contribution in [2.24, 2.45) is 0 Å². The van der Waals surface area contributed by atoms with E-state index in [9.17, 15) is 0 Å². The highest BCUT2D eigenvalue weighted by Gasteiger charge is 2.22. The third-order valence-corrected chi connectivity index (χ3v) is 7.24. The fraction of sp³-hybridized carbons (Fsp3) is 0.364. The predicted octanol–water partition coefficient (Wildman–Crippen LogP) is 5.84. The minimum Gasteiger partial charge on any atom is -0.395 e. The van der Waals surface area contributed by atoms with Crippen molar-refractivity contribution >= 4 is 69.7 Å². The highest BCUT2D eigenvalue weighted by molar-refractivity contribution is 9.10. The molecule has 2 aromatic rings. The number of fused-ring (bicyclic) bond motifs is 2. The van der Waals surface area contributed by atoms with Gasteiger partial charge in [0.2, 0.25) is 0 Å². The first-order chi connectivity index (χ1) is 13.6. The van der Waals surface area contributed by atoms with E-state index in [2.05, 4.69) is 62.1 Å². The molecule has 2 aliphatic rings. The Labute approximate surface area is 208 Å². The minimum atomic E-state index is 0. The van der Waals surface area contributed by atoms with Gasteiger partial charge in [0, 0.05) is 58.6 Å². The lowest BCUT2D eigenvalue weighted by Gasteiger charge is -2.34. The molecule has 0 amide bonds. The van der Waals surface area contributed by atoms with Crippen LogP contribution in [-0.4, -0.2) is 60.8 Å². The smallest absolute Gasteiger partial charge is 0.0558 e. The summed E-state index contributed by atoms with van der Waals surface area (Å²) in [5, 5.41) is 9.87. The number of aliphatic hydroxyl groups is 1. The topological polar surface area (TPSA) is 26.7 Å². The van der Waals surface area contributed by atoms with Gasteiger partial charge in [0.05, 0.1) is 6.61 Å². The molecular weight excluding hydrogens is 527 g/mol. The molecule has 30 heavy (non-hydrogen) atoms. The van der Waals surface area contributed by atoms with Crippen molar-refractivity contribution in [3.8, 4) is 0 Å². The average molecular weight is 553 g/mol. The molecule has 3 nitrogen and oxygen atoms in total. The molecule has 0 saturated carbocycles. The summed E-state index contributed by atoms with van der Waals surface area (Å²) in [5.74, 6) is 0. The lowest BCUT2D eigenvalue weighted by atomic mass is 9.96. The molecule has 0 aromatic heterocycles. The minimum absolute atomic E-state index is 0. The summed E-state index contributed by atoms with van der Waals surface area (Å²) < 4.78 is 1.10. The number of hydrogen-bond donors (Lipinski definition) is 1. The van der Waals surface area contributed by atoms with Gasteiger partial charge in [0.25, 0.3) is 0 Å². The standard InChI is InChI=1S/C22H24BrClN2OS.2ClH/c23-16-3-5-21-19(14-16)18(20-15-17(24)4-6-22(20)28-21)2-1-7-25-8-10-26(11-9-25)12-13-27;;/h2-6,14-15,27H,1,7-13H2;2*1H/b18-2-;;. The van der Waals surface area contributed by atoms with Crippen LogP contribution < -0.4 is 0 Å². The number of benzene rings is 2. The summed E-state index contributed by atoms with van der Waals surface area (Å²) in [7, 11) is 0. The number of rotatable bonds is 5. The Hall–Kier alpha value is -0.240. The first-order valence-corrected chi connectivity index (χ1v) is 11.7. The highest BCUT2D eigenvalue weighted by Crippen LogP contribution is 2.46. The lowest BCUT2D eigenvalue weighted by molar-refractivity contribution is 0.114. The molecule has 1 saturated heterocycles. The Morgan fingerprint density at radius 2 is 1.53 bits per heavy atom. The van der Waals surface area contributed by atoms with Crippen LogP contribution >= 0.6 is 64.1 Å². The molecule has 8 heteroatoms. The van der Waals surface area contributed by atoms with Crippen molar-refractivity contribution < 1.29 is 5.11 Å². The molecule has 1 fully saturated rings. The first kappa shape index (κ1) is 26.0. The summed E-state index contributed by atoms with van der Waals surface area (Å²) in [6.07, 6.45) is 3.39. The van der Waals surface area contributed by atoms with E-state index in [0.717, 1.165) is 55.2 Å². The SMILES string of the molecule is Cl.Cl.OCCN1CCN(CC/C=C2\c3cc(Cl)ccc3Sc3ccc(Br)cc32)CC1. The number of aliphatic hydroxyl groups excluding tert-OH is 1. The van der Waals surface area contributed by atoms with Crippen LogP contribution in [0.25, 0.3) is 5.57 Å². The Kier molecular flexibility index (Phi) is 10.5. The summed E-state index contributed by atoms with van der Waals surface area (Å²) in [6, 6.07) is 12.7. The van der Waals surface area contributed by atoms with Crippen molar-refractivity contribution in [2.75, 3.05) is 45.9 Å². The van der Waals surface area contributed by atoms with E-state index in [-0.39, 0.29) is 31.4 Å². The molecule has 0 bridgehead atoms. The van der Waals surface area contributed by atoms with E-state index >= 15 is 0 Å². The average Bonchev–Trinajstić information content (AvgIpc) is 2.69. The monoisotopic (exact) mass is 550 g/mol. The van der Waals surface area contributed by atoms with Gasteiger partial charge < -0.3 is 10.0 Å². The second-order valence-electron chi connectivity index (χ2n) is 7.20. The molecular formula is C22H26BrCl3N2OS. The van der Waals surface area contributed by atoms with E-state index < -0.39 is 0 Å². The van der Waals surface area contributed by atoms with Gasteiger partial charge in [0.15, 0.2) is 0 Å². The van der Waals surface area contributed by atoms with Crippen LogP contribution in [0.2, 0.25) is 5.02 Å². The van der Waals surface area contributed by atoms with Gasteiger partial charge in [-0.1, -0.05) is 45.4 Å². The predicted molar refractivity (Wildman–Crippen MR) is 136 cm³/mol. The maximum absolute atomic E-state index is 9.09. The Balaban J connectivity index is 0.00000160. The Morgan fingerprint density at radius 3 is 2.20 bits per heavy atom. The molecule has 2 aromatic carbocycles. The maximum Gasteiger partial charge on any atom is 0.0558 e. The third-order valence-electron chi connectivity index (χ3n) is 5.36. The van der Waals surface area contributed by atoms with Crippen molar-refractivity contribution in [3.63, 3.8) is 0 Å². The second-order valence-corrected chi connectivity index (χ2v) is 9.63. The van der Waals surface area contributed by atoms with Crippen LogP contribution in [0.4, 0.5) is 0 Å². The summed E-state index contributed by atoms with van der Waals surface area (Å²) >= 11 is 11.8. The van der Waals surface area contributed by atoms with Gasteiger partial charge >= 0.3 is 0 Å². The van der Waals surface area contributed by atoms with Gasteiger partial charge in [-0.15, -0.1) is 24.8 Å². The zero-order valence-corrected chi connectivity index (χ0v) is 21.3. The molecule has 1 N–H and O–H groups in total. The number of nitrogens with zero attached hydrogens (tertiary/aromatic N) is 2. The fourth-order valence-corrected chi connectivity index (χ4v) is 5.46. The van der Waals surface area contributed by atoms with Gasteiger partial charge in [-0.3, -0.25) is 4.90 Å². The summed E-state index contributed by atoms with van der Waals surface area (Å²) in [6.45, 7) is 6.33. The molecule has 0 atom stereocenters. The van der Waals surface area contributed by atoms with Crippen LogP contribution in [0.1, 0.15) is 17.5 Å². The fourth-order valence-electron chi connectivity index (χ4n) is 3.86. The quantitative estimate of drug-likeness (QED) is 0.430. The zero-order chi connectivity index (χ0) is 19.5. The van der Waals surface area contributed by atoms with Crippen LogP contribution in [0.15, 0.2) is 56.7 Å². The Bertz CT molecular complexity index is 835. The molecule has 0 radical (unpaired) electrons. The van der Waals surface area contributed by atoms with E-state index in [0.29, 0.717) is 0 Å². The molecule has 4 rings (SSSR count). The van der Waals surface area contributed by atoms with E-state index in [4.69, 9.17) is 16.7 Å². The van der Waals surface area contributed by atoms with E-state index in [1.807, 2.05) is 17.8 Å². The zero-order valence-electron chi connectivity index (χ0n) is 16.5. The Morgan fingerprint density at radius 1 is 0.933 bits per heavy atom. The maximum atomic E-state index is 9.09. The van der Waals surface area contributed by atoms with Crippen LogP contribution in [-0.2, 0) is 0 Å². The lowest BCUT2D eigenvalue weighted by Crippen LogP contribution is -2.47. The number of β-amino-alcohol motifs (C(OH)–C–C–N with tert-alkyl or cyclic N) is 1. The van der Waals surface area contributed by atoms with Crippen LogP contribution in [0, 0.1) is 0 Å². The van der Waals surface area contributed by atoms with Crippen molar-refractivity contribution in [3.05, 3.63) is 63.1 Å². The molecule has 2 aliphatic heterocycles. The van der Waals surface area contributed by atoms with E-state index in [1.165, 1.54) is 26.5 Å². The molecule has 0 unspecified atom stereocenters. The van der Waals surface area contributed by atoms with Gasteiger partial charge in [-0.05, 0) is 59.5 Å². The van der Waals surface area contributed by atoms with Crippen molar-refractivity contribution in [2.45, 2.75) is 16.2 Å². The van der Waals surface area contributed by atoms with Crippen molar-refractivity contribution in [1.82, 2.24) is 9.80 Å². The van der Waals surface area contributed by atoms with Crippen molar-refractivity contribution in [1.29, 1.82) is 0 Å². The van der Waals surface area contributed by atoms with Gasteiger partial charge in [-0.2, -0.15) is 0 Å². The molecule has 164 valence electrons. The summed E-state index contributed by atoms with van der Waals surface area (Å²) in [5.41, 5.74) is 3.80. The van der Waals surface area contributed by atoms with Gasteiger partial charge in [0.1, 0.15) is 0 Å². The molecule has 0 aliphatic carbocycles. The largest absolute Gasteiger partial charge is 0.395 e. The van der Waals surface area contributed by atoms with E-state index in [1.54, 1.807) is 0 Å².